The van der Waals surface area contributed by atoms with Crippen molar-refractivity contribution in [2.75, 3.05) is 18.4 Å². The van der Waals surface area contributed by atoms with E-state index in [4.69, 9.17) is 0 Å². The van der Waals surface area contributed by atoms with Crippen LogP contribution in [0.25, 0.3) is 5.65 Å². The molecule has 2 aromatic heterocycles. The molecule has 3 aromatic rings. The van der Waals surface area contributed by atoms with E-state index >= 15 is 0 Å². The number of anilines is 1. The van der Waals surface area contributed by atoms with Crippen LogP contribution in [0.4, 0.5) is 10.3 Å². The lowest BCUT2D eigenvalue weighted by atomic mass is 10.2. The van der Waals surface area contributed by atoms with E-state index in [1.54, 1.807) is 42.5 Å². The van der Waals surface area contributed by atoms with E-state index in [0.717, 1.165) is 0 Å². The van der Waals surface area contributed by atoms with Crippen molar-refractivity contribution >= 4 is 21.6 Å². The lowest BCUT2D eigenvalue weighted by Gasteiger charge is -2.18. The summed E-state index contributed by atoms with van der Waals surface area (Å²) in [6, 6.07) is 9.53. The quantitative estimate of drug-likeness (QED) is 0.684. The first-order valence-corrected chi connectivity index (χ1v) is 9.73. The van der Waals surface area contributed by atoms with E-state index in [1.807, 2.05) is 0 Å². The molecule has 0 amide bonds. The number of pyridine rings is 1. The van der Waals surface area contributed by atoms with Crippen LogP contribution in [0.3, 0.4) is 0 Å². The number of fused-ring (bicyclic) bond motifs is 1. The predicted octanol–water partition coefficient (Wildman–Crippen LogP) is 2.51. The van der Waals surface area contributed by atoms with Gasteiger partial charge < -0.3 is 5.32 Å². The van der Waals surface area contributed by atoms with Crippen LogP contribution < -0.4 is 5.32 Å². The second-order valence-corrected chi connectivity index (χ2v) is 7.59. The zero-order valence-corrected chi connectivity index (χ0v) is 15.4. The van der Waals surface area contributed by atoms with Crippen LogP contribution in [0, 0.1) is 5.82 Å². The Morgan fingerprint density at radius 2 is 1.85 bits per heavy atom. The molecule has 0 spiro atoms. The first-order valence-electron chi connectivity index (χ1n) is 8.29. The molecule has 0 fully saturated rings. The number of rotatable bonds is 7. The normalized spacial score (nSPS) is 12.0. The molecule has 1 N–H and O–H groups in total. The fourth-order valence-corrected chi connectivity index (χ4v) is 4.13. The number of aromatic nitrogens is 3. The van der Waals surface area contributed by atoms with Crippen LogP contribution in [0.15, 0.2) is 47.5 Å². The van der Waals surface area contributed by atoms with Crippen LogP contribution in [-0.2, 0) is 16.6 Å². The molecule has 26 heavy (non-hydrogen) atoms. The molecule has 0 aliphatic rings. The largest absolute Gasteiger partial charge is 0.350 e. The molecule has 7 nitrogen and oxygen atoms in total. The van der Waals surface area contributed by atoms with Crippen molar-refractivity contribution < 1.29 is 12.8 Å². The Bertz CT molecular complexity index is 1010. The molecular formula is C17H20FN5O2S. The second-order valence-electron chi connectivity index (χ2n) is 5.65. The molecule has 0 atom stereocenters. The lowest BCUT2D eigenvalue weighted by Crippen LogP contribution is -2.30. The average molecular weight is 377 g/mol. The van der Waals surface area contributed by atoms with Gasteiger partial charge in [0.15, 0.2) is 5.65 Å². The number of benzene rings is 1. The van der Waals surface area contributed by atoms with Crippen molar-refractivity contribution in [1.29, 1.82) is 0 Å². The molecule has 2 heterocycles. The molecule has 0 aliphatic heterocycles. The average Bonchev–Trinajstić information content (AvgIpc) is 3.04. The maximum absolute atomic E-state index is 13.8. The number of hydrogen-bond acceptors (Lipinski definition) is 5. The van der Waals surface area contributed by atoms with E-state index in [2.05, 4.69) is 15.5 Å². The molecule has 0 aliphatic carbocycles. The van der Waals surface area contributed by atoms with Crippen molar-refractivity contribution in [3.05, 3.63) is 54.0 Å². The number of nitrogens with zero attached hydrogens (tertiary/aromatic N) is 4. The van der Waals surface area contributed by atoms with Gasteiger partial charge in [0, 0.05) is 31.4 Å². The van der Waals surface area contributed by atoms with Gasteiger partial charge in [-0.1, -0.05) is 32.0 Å². The van der Waals surface area contributed by atoms with E-state index in [0.29, 0.717) is 30.2 Å². The third kappa shape index (κ3) is 3.40. The van der Waals surface area contributed by atoms with Crippen LogP contribution in [0.2, 0.25) is 0 Å². The first-order chi connectivity index (χ1) is 12.5. The minimum atomic E-state index is -3.59. The molecule has 0 saturated carbocycles. The summed E-state index contributed by atoms with van der Waals surface area (Å²) >= 11 is 0. The second kappa shape index (κ2) is 7.38. The monoisotopic (exact) mass is 377 g/mol. The van der Waals surface area contributed by atoms with Crippen molar-refractivity contribution in [2.45, 2.75) is 25.3 Å². The van der Waals surface area contributed by atoms with E-state index in [-0.39, 0.29) is 17.3 Å². The van der Waals surface area contributed by atoms with Gasteiger partial charge in [-0.25, -0.2) is 12.8 Å². The zero-order chi connectivity index (χ0) is 18.7. The van der Waals surface area contributed by atoms with Gasteiger partial charge >= 0.3 is 0 Å². The molecule has 1 aromatic carbocycles. The Balaban J connectivity index is 1.92. The van der Waals surface area contributed by atoms with Crippen molar-refractivity contribution in [1.82, 2.24) is 18.9 Å². The third-order valence-corrected chi connectivity index (χ3v) is 6.15. The van der Waals surface area contributed by atoms with Crippen molar-refractivity contribution in [3.63, 3.8) is 0 Å². The minimum absolute atomic E-state index is 0.155. The summed E-state index contributed by atoms with van der Waals surface area (Å²) in [6.45, 7) is 4.56. The number of halogens is 1. The Labute approximate surface area is 151 Å². The summed E-state index contributed by atoms with van der Waals surface area (Å²) in [6.07, 6.45) is 1.48. The maximum atomic E-state index is 13.8. The Kier molecular flexibility index (Phi) is 5.19. The predicted molar refractivity (Wildman–Crippen MR) is 96.8 cm³/mol. The topological polar surface area (TPSA) is 79.6 Å². The highest BCUT2D eigenvalue weighted by molar-refractivity contribution is 7.89. The van der Waals surface area contributed by atoms with Gasteiger partial charge in [0.1, 0.15) is 5.82 Å². The summed E-state index contributed by atoms with van der Waals surface area (Å²) in [5, 5.41) is 11.0. The molecule has 0 saturated heterocycles. The highest BCUT2D eigenvalue weighted by Crippen LogP contribution is 2.19. The van der Waals surface area contributed by atoms with Gasteiger partial charge in [-0.2, -0.15) is 4.31 Å². The highest BCUT2D eigenvalue weighted by Gasteiger charge is 2.22. The summed E-state index contributed by atoms with van der Waals surface area (Å²) in [5.74, 6) is 0.0264. The van der Waals surface area contributed by atoms with Crippen LogP contribution in [0.1, 0.15) is 19.4 Å². The number of sulfonamides is 1. The SMILES string of the molecule is CCN(CC)S(=O)(=O)c1ccc2nnc(NCc3ccccc3F)n2c1. The molecule has 0 bridgehead atoms. The first kappa shape index (κ1) is 18.3. The third-order valence-electron chi connectivity index (χ3n) is 4.11. The van der Waals surface area contributed by atoms with Gasteiger partial charge in [0.2, 0.25) is 16.0 Å². The number of hydrogen-bond donors (Lipinski definition) is 1. The molecule has 0 unspecified atom stereocenters. The standard InChI is InChI=1S/C17H20FN5O2S/c1-3-22(4-2)26(24,25)14-9-10-16-20-21-17(23(16)12-14)19-11-13-7-5-6-8-15(13)18/h5-10,12H,3-4,11H2,1-2H3,(H,19,21). The Morgan fingerprint density at radius 1 is 1.12 bits per heavy atom. The lowest BCUT2D eigenvalue weighted by molar-refractivity contribution is 0.445. The van der Waals surface area contributed by atoms with Gasteiger partial charge in [0.25, 0.3) is 0 Å². The summed E-state index contributed by atoms with van der Waals surface area (Å²) in [7, 11) is -3.59. The fraction of sp³-hybridized carbons (Fsp3) is 0.294. The summed E-state index contributed by atoms with van der Waals surface area (Å²) < 4.78 is 42.1. The Morgan fingerprint density at radius 3 is 2.54 bits per heavy atom. The van der Waals surface area contributed by atoms with Crippen LogP contribution >= 0.6 is 0 Å². The van der Waals surface area contributed by atoms with Gasteiger partial charge in [-0.15, -0.1) is 10.2 Å². The Hall–Kier alpha value is -2.52. The molecule has 0 radical (unpaired) electrons. The summed E-state index contributed by atoms with van der Waals surface area (Å²) in [5.41, 5.74) is 0.982. The maximum Gasteiger partial charge on any atom is 0.244 e. The molecule has 9 heteroatoms. The van der Waals surface area contributed by atoms with Crippen molar-refractivity contribution in [2.24, 2.45) is 0 Å². The zero-order valence-electron chi connectivity index (χ0n) is 14.6. The van der Waals surface area contributed by atoms with E-state index in [9.17, 15) is 12.8 Å². The highest BCUT2D eigenvalue weighted by atomic mass is 32.2. The smallest absolute Gasteiger partial charge is 0.244 e. The molecular weight excluding hydrogens is 357 g/mol. The van der Waals surface area contributed by atoms with Crippen molar-refractivity contribution in [3.8, 4) is 0 Å². The van der Waals surface area contributed by atoms with Gasteiger partial charge in [-0.05, 0) is 18.2 Å². The van der Waals surface area contributed by atoms with E-state index < -0.39 is 10.0 Å². The fourth-order valence-electron chi connectivity index (χ4n) is 2.67. The molecule has 138 valence electrons. The summed E-state index contributed by atoms with van der Waals surface area (Å²) in [4.78, 5) is 0.155. The van der Waals surface area contributed by atoms with Gasteiger partial charge in [-0.3, -0.25) is 4.40 Å². The van der Waals surface area contributed by atoms with Crippen LogP contribution in [0.5, 0.6) is 0 Å². The number of nitrogens with one attached hydrogen (secondary N) is 1. The minimum Gasteiger partial charge on any atom is -0.350 e. The van der Waals surface area contributed by atoms with Gasteiger partial charge in [0.05, 0.1) is 4.90 Å². The van der Waals surface area contributed by atoms with Crippen LogP contribution in [-0.4, -0.2) is 40.4 Å². The van der Waals surface area contributed by atoms with E-state index in [1.165, 1.54) is 22.6 Å². The molecule has 3 rings (SSSR count).